The monoisotopic (exact) mass is 201 g/mol. The highest BCUT2D eigenvalue weighted by molar-refractivity contribution is 6.18. The quantitative estimate of drug-likeness (QED) is 0.734. The van der Waals surface area contributed by atoms with E-state index in [0.29, 0.717) is 5.56 Å². The van der Waals surface area contributed by atoms with Crippen LogP contribution in [0.5, 0.6) is 0 Å². The molecule has 0 aliphatic heterocycles. The van der Waals surface area contributed by atoms with Crippen molar-refractivity contribution >= 4 is 11.6 Å². The van der Waals surface area contributed by atoms with E-state index in [1.54, 1.807) is 25.3 Å². The first-order chi connectivity index (χ1) is 6.15. The maximum Gasteiger partial charge on any atom is 0.253 e. The van der Waals surface area contributed by atoms with Crippen LogP contribution in [0.25, 0.3) is 0 Å². The number of aliphatic hydroxyl groups is 1. The molecule has 0 aromatic carbocycles. The van der Waals surface area contributed by atoms with Crippen LogP contribution in [-0.4, -0.2) is 21.7 Å². The number of aromatic nitrogens is 1. The van der Waals surface area contributed by atoms with Crippen LogP contribution in [0.2, 0.25) is 0 Å². The molecule has 0 saturated carbocycles. The number of rotatable bonds is 3. The second kappa shape index (κ2) is 4.44. The molecular formula is C9H12ClNO2. The lowest BCUT2D eigenvalue weighted by Gasteiger charge is -2.09. The summed E-state index contributed by atoms with van der Waals surface area (Å²) < 4.78 is 1.46. The lowest BCUT2D eigenvalue weighted by Crippen LogP contribution is -2.28. The van der Waals surface area contributed by atoms with E-state index >= 15 is 0 Å². The minimum absolute atomic E-state index is 0.0772. The Labute approximate surface area is 81.6 Å². The molecule has 1 rings (SSSR count). The molecule has 13 heavy (non-hydrogen) atoms. The summed E-state index contributed by atoms with van der Waals surface area (Å²) >= 11 is 5.43. The van der Waals surface area contributed by atoms with Crippen LogP contribution in [0.4, 0.5) is 0 Å². The van der Waals surface area contributed by atoms with Gasteiger partial charge in [0.1, 0.15) is 0 Å². The summed E-state index contributed by atoms with van der Waals surface area (Å²) in [5.41, 5.74) is 0.593. The predicted molar refractivity (Wildman–Crippen MR) is 52.2 cm³/mol. The molecule has 0 spiro atoms. The highest BCUT2D eigenvalue weighted by Crippen LogP contribution is 1.94. The van der Waals surface area contributed by atoms with Gasteiger partial charge in [-0.2, -0.15) is 0 Å². The Morgan fingerprint density at radius 1 is 1.69 bits per heavy atom. The van der Waals surface area contributed by atoms with Crippen molar-refractivity contribution in [3.8, 4) is 0 Å². The van der Waals surface area contributed by atoms with Crippen molar-refractivity contribution in [2.45, 2.75) is 19.6 Å². The second-order valence-corrected chi connectivity index (χ2v) is 3.27. The van der Waals surface area contributed by atoms with Gasteiger partial charge >= 0.3 is 0 Å². The highest BCUT2D eigenvalue weighted by Gasteiger charge is 2.04. The SMILES string of the molecule is Cc1cccn(CC(O)CCl)c1=O. The van der Waals surface area contributed by atoms with Crippen LogP contribution in [0.1, 0.15) is 5.56 Å². The smallest absolute Gasteiger partial charge is 0.253 e. The molecule has 3 nitrogen and oxygen atoms in total. The van der Waals surface area contributed by atoms with Gasteiger partial charge in [0, 0.05) is 11.8 Å². The Morgan fingerprint density at radius 3 is 3.00 bits per heavy atom. The van der Waals surface area contributed by atoms with Crippen molar-refractivity contribution in [1.82, 2.24) is 4.57 Å². The van der Waals surface area contributed by atoms with E-state index in [1.807, 2.05) is 0 Å². The molecule has 0 fully saturated rings. The van der Waals surface area contributed by atoms with Crippen molar-refractivity contribution in [3.63, 3.8) is 0 Å². The molecule has 1 aromatic rings. The molecule has 0 aliphatic rings. The highest BCUT2D eigenvalue weighted by atomic mass is 35.5. The fourth-order valence-electron chi connectivity index (χ4n) is 1.08. The third kappa shape index (κ3) is 2.57. The van der Waals surface area contributed by atoms with Crippen LogP contribution >= 0.6 is 11.6 Å². The Kier molecular flexibility index (Phi) is 3.51. The van der Waals surface area contributed by atoms with E-state index in [4.69, 9.17) is 11.6 Å². The van der Waals surface area contributed by atoms with Crippen molar-refractivity contribution in [2.75, 3.05) is 5.88 Å². The fourth-order valence-corrected chi connectivity index (χ4v) is 1.17. The van der Waals surface area contributed by atoms with Gasteiger partial charge in [-0.15, -0.1) is 11.6 Å². The molecule has 1 aromatic heterocycles. The topological polar surface area (TPSA) is 42.2 Å². The molecule has 0 amide bonds. The summed E-state index contributed by atoms with van der Waals surface area (Å²) in [4.78, 5) is 11.4. The Balaban J connectivity index is 2.89. The van der Waals surface area contributed by atoms with Crippen LogP contribution in [0, 0.1) is 6.92 Å². The zero-order valence-corrected chi connectivity index (χ0v) is 8.16. The molecule has 72 valence electrons. The Hall–Kier alpha value is -0.800. The van der Waals surface area contributed by atoms with Gasteiger partial charge in [0.2, 0.25) is 0 Å². The summed E-state index contributed by atoms with van der Waals surface area (Å²) in [7, 11) is 0. The van der Waals surface area contributed by atoms with Crippen LogP contribution in [0.15, 0.2) is 23.1 Å². The first-order valence-electron chi connectivity index (χ1n) is 4.05. The van der Waals surface area contributed by atoms with Crippen molar-refractivity contribution in [2.24, 2.45) is 0 Å². The minimum Gasteiger partial charge on any atom is -0.390 e. The normalized spacial score (nSPS) is 12.8. The number of halogens is 1. The van der Waals surface area contributed by atoms with Gasteiger partial charge in [-0.3, -0.25) is 4.79 Å². The number of pyridine rings is 1. The van der Waals surface area contributed by atoms with Gasteiger partial charge in [0.25, 0.3) is 5.56 Å². The second-order valence-electron chi connectivity index (χ2n) is 2.96. The number of hydrogen-bond donors (Lipinski definition) is 1. The van der Waals surface area contributed by atoms with Crippen molar-refractivity contribution in [3.05, 3.63) is 34.2 Å². The molecule has 1 N–H and O–H groups in total. The summed E-state index contributed by atoms with van der Waals surface area (Å²) in [6, 6.07) is 3.52. The average molecular weight is 202 g/mol. The number of aliphatic hydroxyl groups excluding tert-OH is 1. The van der Waals surface area contributed by atoms with Gasteiger partial charge in [-0.05, 0) is 13.0 Å². The zero-order valence-electron chi connectivity index (χ0n) is 7.40. The summed E-state index contributed by atoms with van der Waals surface area (Å²) in [6.07, 6.45) is 0.978. The predicted octanol–water partition coefficient (Wildman–Crippen LogP) is 0.756. The number of nitrogens with zero attached hydrogens (tertiary/aromatic N) is 1. The molecular weight excluding hydrogens is 190 g/mol. The van der Waals surface area contributed by atoms with E-state index in [2.05, 4.69) is 0 Å². The zero-order chi connectivity index (χ0) is 9.84. The number of aryl methyl sites for hydroxylation is 1. The average Bonchev–Trinajstić information content (AvgIpc) is 2.13. The summed E-state index contributed by atoms with van der Waals surface area (Å²) in [5, 5.41) is 9.24. The van der Waals surface area contributed by atoms with E-state index in [0.717, 1.165) is 0 Å². The molecule has 1 unspecified atom stereocenters. The molecule has 1 atom stereocenters. The first kappa shape index (κ1) is 10.3. The lowest BCUT2D eigenvalue weighted by atomic mass is 10.3. The molecule has 0 radical (unpaired) electrons. The Morgan fingerprint density at radius 2 is 2.38 bits per heavy atom. The van der Waals surface area contributed by atoms with E-state index < -0.39 is 6.10 Å². The van der Waals surface area contributed by atoms with Gasteiger partial charge in [0.15, 0.2) is 0 Å². The van der Waals surface area contributed by atoms with Gasteiger partial charge in [-0.1, -0.05) is 6.07 Å². The number of hydrogen-bond acceptors (Lipinski definition) is 2. The van der Waals surface area contributed by atoms with E-state index in [9.17, 15) is 9.90 Å². The van der Waals surface area contributed by atoms with E-state index in [1.165, 1.54) is 4.57 Å². The van der Waals surface area contributed by atoms with Crippen molar-refractivity contribution in [1.29, 1.82) is 0 Å². The number of alkyl halides is 1. The summed E-state index contributed by atoms with van der Waals surface area (Å²) in [6.45, 7) is 2.00. The first-order valence-corrected chi connectivity index (χ1v) is 4.58. The molecule has 0 aliphatic carbocycles. The van der Waals surface area contributed by atoms with Crippen molar-refractivity contribution < 1.29 is 5.11 Å². The largest absolute Gasteiger partial charge is 0.390 e. The van der Waals surface area contributed by atoms with Gasteiger partial charge in [0.05, 0.1) is 18.5 Å². The van der Waals surface area contributed by atoms with E-state index in [-0.39, 0.29) is 18.0 Å². The minimum atomic E-state index is -0.666. The fraction of sp³-hybridized carbons (Fsp3) is 0.444. The molecule has 4 heteroatoms. The maximum atomic E-state index is 11.4. The standard InChI is InChI=1S/C9H12ClNO2/c1-7-3-2-4-11(9(7)13)6-8(12)5-10/h2-4,8,12H,5-6H2,1H3. The summed E-state index contributed by atoms with van der Waals surface area (Å²) in [5.74, 6) is 0.139. The third-order valence-corrected chi connectivity index (χ3v) is 2.15. The Bertz CT molecular complexity index is 335. The van der Waals surface area contributed by atoms with Crippen LogP contribution in [0.3, 0.4) is 0 Å². The maximum absolute atomic E-state index is 11.4. The van der Waals surface area contributed by atoms with Crippen LogP contribution < -0.4 is 5.56 Å². The van der Waals surface area contributed by atoms with Crippen LogP contribution in [-0.2, 0) is 6.54 Å². The van der Waals surface area contributed by atoms with Gasteiger partial charge in [-0.25, -0.2) is 0 Å². The third-order valence-electron chi connectivity index (χ3n) is 1.80. The van der Waals surface area contributed by atoms with Gasteiger partial charge < -0.3 is 9.67 Å². The lowest BCUT2D eigenvalue weighted by molar-refractivity contribution is 0.175. The molecule has 0 bridgehead atoms. The molecule has 0 saturated heterocycles. The molecule has 1 heterocycles.